The Kier molecular flexibility index (Phi) is 1.65. The Balaban J connectivity index is 2.12. The second kappa shape index (κ2) is 2.28. The summed E-state index contributed by atoms with van der Waals surface area (Å²) < 4.78 is 0. The van der Waals surface area contributed by atoms with E-state index in [0.29, 0.717) is 0 Å². The number of quaternary nitrogens is 1. The second-order valence-corrected chi connectivity index (χ2v) is 2.00. The Bertz CT molecular complexity index is 48.0. The average molecular weight is 100 g/mol. The Morgan fingerprint density at radius 2 is 1.86 bits per heavy atom. The largest absolute Gasteiger partial charge is 0.466 e. The molecule has 42 valence electrons. The highest BCUT2D eigenvalue weighted by Gasteiger charge is 2.00. The van der Waals surface area contributed by atoms with Crippen molar-refractivity contribution in [2.24, 2.45) is 0 Å². The predicted octanol–water partition coefficient (Wildman–Crippen LogP) is -1.73. The van der Waals surface area contributed by atoms with Crippen LogP contribution in [-0.2, 0) is 0 Å². The van der Waals surface area contributed by atoms with Gasteiger partial charge in [-0.25, -0.2) is 0 Å². The van der Waals surface area contributed by atoms with Gasteiger partial charge in [-0.3, -0.25) is 0 Å². The van der Waals surface area contributed by atoms with Crippen molar-refractivity contribution >= 4 is 0 Å². The number of rotatable bonds is 0. The van der Waals surface area contributed by atoms with Crippen LogP contribution >= 0.6 is 0 Å². The lowest BCUT2D eigenvalue weighted by atomic mass is 10.4. The standard InChI is InChI=1S/C5H12N2/c1-7-4-2-6-3-5-7/h6-7H,1-5H2. The molecule has 1 fully saturated rings. The van der Waals surface area contributed by atoms with Gasteiger partial charge in [0.25, 0.3) is 0 Å². The van der Waals surface area contributed by atoms with Gasteiger partial charge < -0.3 is 10.2 Å². The van der Waals surface area contributed by atoms with Gasteiger partial charge in [0.05, 0.1) is 13.1 Å². The molecule has 1 aliphatic rings. The number of hydrogen-bond acceptors (Lipinski definition) is 1. The van der Waals surface area contributed by atoms with E-state index in [-0.39, 0.29) is 0 Å². The summed E-state index contributed by atoms with van der Waals surface area (Å²) in [5.74, 6) is 0. The molecule has 2 heteroatoms. The molecule has 1 rings (SSSR count). The van der Waals surface area contributed by atoms with Crippen LogP contribution in [0.5, 0.6) is 0 Å². The maximum absolute atomic E-state index is 3.87. The molecule has 0 amide bonds. The molecule has 2 N–H and O–H groups in total. The fourth-order valence-electron chi connectivity index (χ4n) is 0.780. The summed E-state index contributed by atoms with van der Waals surface area (Å²) in [7, 11) is 3.87. The van der Waals surface area contributed by atoms with Gasteiger partial charge >= 0.3 is 0 Å². The van der Waals surface area contributed by atoms with Gasteiger partial charge in [-0.2, -0.15) is 7.05 Å². The molecule has 0 radical (unpaired) electrons. The van der Waals surface area contributed by atoms with Crippen LogP contribution < -0.4 is 10.2 Å². The summed E-state index contributed by atoms with van der Waals surface area (Å²) in [6.45, 7) is 4.64. The molecule has 7 heavy (non-hydrogen) atoms. The molecular weight excluding hydrogens is 88.1 g/mol. The molecule has 0 spiro atoms. The minimum atomic E-state index is 1.14. The quantitative estimate of drug-likeness (QED) is 0.346. The van der Waals surface area contributed by atoms with Crippen molar-refractivity contribution in [3.63, 3.8) is 0 Å². The molecule has 0 bridgehead atoms. The molecule has 0 atom stereocenters. The summed E-state index contributed by atoms with van der Waals surface area (Å²) in [5.41, 5.74) is 0. The predicted molar refractivity (Wildman–Crippen MR) is 28.9 cm³/mol. The van der Waals surface area contributed by atoms with Gasteiger partial charge in [0.15, 0.2) is 0 Å². The van der Waals surface area contributed by atoms with Gasteiger partial charge in [-0.05, 0) is 0 Å². The number of piperazine rings is 1. The maximum Gasteiger partial charge on any atom is 0.0657 e. The van der Waals surface area contributed by atoms with Crippen molar-refractivity contribution in [3.8, 4) is 0 Å². The first kappa shape index (κ1) is 5.06. The van der Waals surface area contributed by atoms with Gasteiger partial charge in [0, 0.05) is 13.1 Å². The molecule has 0 unspecified atom stereocenters. The van der Waals surface area contributed by atoms with Crippen LogP contribution in [0.4, 0.5) is 0 Å². The highest BCUT2D eigenvalue weighted by molar-refractivity contribution is 4.48. The third-order valence-electron chi connectivity index (χ3n) is 1.31. The summed E-state index contributed by atoms with van der Waals surface area (Å²) in [5, 5.41) is 3.25. The molecule has 0 aromatic heterocycles. The molecule has 2 nitrogen and oxygen atoms in total. The van der Waals surface area contributed by atoms with Crippen molar-refractivity contribution in [2.45, 2.75) is 0 Å². The molecule has 0 saturated carbocycles. The van der Waals surface area contributed by atoms with E-state index in [1.165, 1.54) is 18.0 Å². The zero-order chi connectivity index (χ0) is 5.11. The fourth-order valence-corrected chi connectivity index (χ4v) is 0.780. The highest BCUT2D eigenvalue weighted by atomic mass is 15.2. The second-order valence-electron chi connectivity index (χ2n) is 2.00. The van der Waals surface area contributed by atoms with Crippen molar-refractivity contribution in [1.82, 2.24) is 5.32 Å². The van der Waals surface area contributed by atoms with Gasteiger partial charge in [0.1, 0.15) is 0 Å². The maximum atomic E-state index is 3.87. The zero-order valence-corrected chi connectivity index (χ0v) is 4.54. The van der Waals surface area contributed by atoms with E-state index in [2.05, 4.69) is 12.4 Å². The highest BCUT2D eigenvalue weighted by Crippen LogP contribution is 1.59. The lowest BCUT2D eigenvalue weighted by molar-refractivity contribution is -0.855. The summed E-state index contributed by atoms with van der Waals surface area (Å²) in [6.07, 6.45) is 0. The van der Waals surface area contributed by atoms with E-state index in [0.717, 1.165) is 13.1 Å². The first-order valence-corrected chi connectivity index (χ1v) is 2.77. The Labute approximate surface area is 44.5 Å². The Morgan fingerprint density at radius 1 is 1.29 bits per heavy atom. The van der Waals surface area contributed by atoms with E-state index in [1.54, 1.807) is 0 Å². The lowest BCUT2D eigenvalue weighted by Crippen LogP contribution is -3.10. The van der Waals surface area contributed by atoms with Crippen molar-refractivity contribution in [1.29, 1.82) is 0 Å². The third-order valence-corrected chi connectivity index (χ3v) is 1.31. The number of hydrogen-bond donors (Lipinski definition) is 2. The first-order chi connectivity index (χ1) is 3.39. The van der Waals surface area contributed by atoms with Crippen LogP contribution in [0, 0.1) is 7.05 Å². The van der Waals surface area contributed by atoms with Crippen molar-refractivity contribution in [3.05, 3.63) is 7.05 Å². The van der Waals surface area contributed by atoms with Crippen LogP contribution in [-0.4, -0.2) is 26.2 Å². The first-order valence-electron chi connectivity index (χ1n) is 2.77. The van der Waals surface area contributed by atoms with Crippen LogP contribution in [0.2, 0.25) is 0 Å². The van der Waals surface area contributed by atoms with Gasteiger partial charge in [-0.1, -0.05) is 0 Å². The molecule has 1 saturated heterocycles. The van der Waals surface area contributed by atoms with Crippen LogP contribution in [0.1, 0.15) is 0 Å². The van der Waals surface area contributed by atoms with E-state index >= 15 is 0 Å². The van der Waals surface area contributed by atoms with Gasteiger partial charge in [-0.15, -0.1) is 0 Å². The Morgan fingerprint density at radius 3 is 2.14 bits per heavy atom. The van der Waals surface area contributed by atoms with Crippen LogP contribution in [0.3, 0.4) is 0 Å². The van der Waals surface area contributed by atoms with Crippen molar-refractivity contribution in [2.75, 3.05) is 26.2 Å². The molecule has 1 heterocycles. The molecule has 0 aliphatic carbocycles. The topological polar surface area (TPSA) is 16.5 Å². The Hall–Kier alpha value is -0.0800. The minimum Gasteiger partial charge on any atom is -0.466 e. The molecule has 0 aromatic carbocycles. The average Bonchev–Trinajstić information content (AvgIpc) is 1.69. The van der Waals surface area contributed by atoms with Crippen molar-refractivity contribution < 1.29 is 4.90 Å². The van der Waals surface area contributed by atoms with E-state index in [4.69, 9.17) is 0 Å². The molecule has 1 aliphatic heterocycles. The molecular formula is C5H12N2. The van der Waals surface area contributed by atoms with E-state index in [1.807, 2.05) is 0 Å². The van der Waals surface area contributed by atoms with E-state index < -0.39 is 0 Å². The molecule has 0 aromatic rings. The smallest absolute Gasteiger partial charge is 0.0657 e. The monoisotopic (exact) mass is 100 g/mol. The summed E-state index contributed by atoms with van der Waals surface area (Å²) in [6, 6.07) is 0. The minimum absolute atomic E-state index is 1.14. The fraction of sp³-hybridized carbons (Fsp3) is 0.800. The third kappa shape index (κ3) is 1.45. The van der Waals surface area contributed by atoms with Crippen LogP contribution in [0.25, 0.3) is 0 Å². The lowest BCUT2D eigenvalue weighted by Gasteiger charge is -2.25. The SMILES string of the molecule is [CH2-][NH+]1CCNCC1. The van der Waals surface area contributed by atoms with Crippen LogP contribution in [0.15, 0.2) is 0 Å². The number of nitrogens with one attached hydrogen (secondary N) is 2. The van der Waals surface area contributed by atoms with E-state index in [9.17, 15) is 0 Å². The zero-order valence-electron chi connectivity index (χ0n) is 4.54. The summed E-state index contributed by atoms with van der Waals surface area (Å²) >= 11 is 0. The van der Waals surface area contributed by atoms with Gasteiger partial charge in [0.2, 0.25) is 0 Å². The summed E-state index contributed by atoms with van der Waals surface area (Å²) in [4.78, 5) is 1.40. The normalized spacial score (nSPS) is 25.3.